The highest BCUT2D eigenvalue weighted by atomic mass is 32.2. The van der Waals surface area contributed by atoms with E-state index in [1.807, 2.05) is 13.8 Å². The third-order valence-corrected chi connectivity index (χ3v) is 6.71. The molecule has 2 aliphatic rings. The second-order valence-electron chi connectivity index (χ2n) is 5.98. The van der Waals surface area contributed by atoms with Crippen LogP contribution in [0.4, 0.5) is 0 Å². The fourth-order valence-electron chi connectivity index (χ4n) is 3.19. The van der Waals surface area contributed by atoms with Crippen molar-refractivity contribution in [1.82, 2.24) is 4.31 Å². The molecule has 1 unspecified atom stereocenters. The van der Waals surface area contributed by atoms with Crippen LogP contribution in [0.1, 0.15) is 52.4 Å². The van der Waals surface area contributed by atoms with E-state index in [1.165, 1.54) is 0 Å². The standard InChI is InChI=1S/C12H23NO3S/c1-12(2)9-10(14)7-8-13(12)17(15,16)11-5-3-4-6-11/h10-11,14H,3-9H2,1-2H3. The molecule has 100 valence electrons. The molecule has 0 spiro atoms. The Kier molecular flexibility index (Phi) is 3.54. The van der Waals surface area contributed by atoms with E-state index in [2.05, 4.69) is 0 Å². The minimum Gasteiger partial charge on any atom is -0.393 e. The molecular weight excluding hydrogens is 238 g/mol. The van der Waals surface area contributed by atoms with Crippen molar-refractivity contribution in [1.29, 1.82) is 0 Å². The zero-order valence-corrected chi connectivity index (χ0v) is 11.5. The molecule has 1 N–H and O–H groups in total. The summed E-state index contributed by atoms with van der Waals surface area (Å²) in [6.45, 7) is 4.30. The summed E-state index contributed by atoms with van der Waals surface area (Å²) in [5.74, 6) is 0. The van der Waals surface area contributed by atoms with Gasteiger partial charge >= 0.3 is 0 Å². The number of aliphatic hydroxyl groups is 1. The molecule has 5 heteroatoms. The highest BCUT2D eigenvalue weighted by Gasteiger charge is 2.44. The molecule has 0 radical (unpaired) electrons. The van der Waals surface area contributed by atoms with Gasteiger partial charge in [-0.2, -0.15) is 4.31 Å². The molecule has 0 aromatic rings. The van der Waals surface area contributed by atoms with Crippen molar-refractivity contribution in [2.75, 3.05) is 6.54 Å². The molecule has 1 atom stereocenters. The molecule has 4 nitrogen and oxygen atoms in total. The molecule has 1 saturated heterocycles. The summed E-state index contributed by atoms with van der Waals surface area (Å²) < 4.78 is 26.8. The van der Waals surface area contributed by atoms with Gasteiger partial charge in [0.2, 0.25) is 10.0 Å². The van der Waals surface area contributed by atoms with Crippen LogP contribution >= 0.6 is 0 Å². The monoisotopic (exact) mass is 261 g/mol. The molecule has 1 aliphatic heterocycles. The number of hydrogen-bond acceptors (Lipinski definition) is 3. The summed E-state index contributed by atoms with van der Waals surface area (Å²) in [5, 5.41) is 9.49. The predicted octanol–water partition coefficient (Wildman–Crippen LogP) is 1.49. The molecule has 0 aromatic carbocycles. The lowest BCUT2D eigenvalue weighted by Gasteiger charge is -2.44. The first-order valence-electron chi connectivity index (χ1n) is 6.54. The predicted molar refractivity (Wildman–Crippen MR) is 67.2 cm³/mol. The number of nitrogens with zero attached hydrogens (tertiary/aromatic N) is 1. The number of rotatable bonds is 2. The van der Waals surface area contributed by atoms with Gasteiger partial charge in [-0.25, -0.2) is 8.42 Å². The zero-order chi connectivity index (χ0) is 12.7. The first kappa shape index (κ1) is 13.3. The summed E-state index contributed by atoms with van der Waals surface area (Å²) in [6.07, 6.45) is 4.41. The van der Waals surface area contributed by atoms with E-state index in [0.717, 1.165) is 25.7 Å². The van der Waals surface area contributed by atoms with E-state index < -0.39 is 15.6 Å². The summed E-state index contributed by atoms with van der Waals surface area (Å²) in [5.41, 5.74) is -0.445. The average Bonchev–Trinajstić information content (AvgIpc) is 2.67. The van der Waals surface area contributed by atoms with Crippen LogP contribution in [0.25, 0.3) is 0 Å². The highest BCUT2D eigenvalue weighted by molar-refractivity contribution is 7.89. The smallest absolute Gasteiger partial charge is 0.217 e. The number of aliphatic hydroxyl groups excluding tert-OH is 1. The fraction of sp³-hybridized carbons (Fsp3) is 1.00. The Morgan fingerprint density at radius 2 is 1.76 bits per heavy atom. The Bertz CT molecular complexity index is 371. The van der Waals surface area contributed by atoms with Crippen molar-refractivity contribution in [3.63, 3.8) is 0 Å². The lowest BCUT2D eigenvalue weighted by molar-refractivity contribution is 0.0439. The van der Waals surface area contributed by atoms with E-state index in [0.29, 0.717) is 19.4 Å². The van der Waals surface area contributed by atoms with Crippen molar-refractivity contribution in [2.24, 2.45) is 0 Å². The zero-order valence-electron chi connectivity index (χ0n) is 10.7. The maximum Gasteiger partial charge on any atom is 0.217 e. The molecule has 1 heterocycles. The van der Waals surface area contributed by atoms with E-state index in [9.17, 15) is 13.5 Å². The summed E-state index contributed by atoms with van der Waals surface area (Å²) >= 11 is 0. The van der Waals surface area contributed by atoms with Gasteiger partial charge in [0.05, 0.1) is 11.4 Å². The third-order valence-electron chi connectivity index (χ3n) is 4.11. The Balaban J connectivity index is 2.20. The highest BCUT2D eigenvalue weighted by Crippen LogP contribution is 2.35. The Morgan fingerprint density at radius 3 is 2.29 bits per heavy atom. The number of piperidine rings is 1. The van der Waals surface area contributed by atoms with Crippen LogP contribution in [0.2, 0.25) is 0 Å². The lowest BCUT2D eigenvalue weighted by Crippen LogP contribution is -2.55. The molecule has 0 amide bonds. The van der Waals surface area contributed by atoms with Gasteiger partial charge in [0.15, 0.2) is 0 Å². The average molecular weight is 261 g/mol. The van der Waals surface area contributed by atoms with E-state index in [1.54, 1.807) is 4.31 Å². The molecule has 17 heavy (non-hydrogen) atoms. The van der Waals surface area contributed by atoms with E-state index >= 15 is 0 Å². The summed E-state index contributed by atoms with van der Waals surface area (Å²) in [7, 11) is -3.17. The maximum absolute atomic E-state index is 12.6. The van der Waals surface area contributed by atoms with Gasteiger partial charge in [-0.05, 0) is 39.5 Å². The van der Waals surface area contributed by atoms with Crippen molar-refractivity contribution in [3.8, 4) is 0 Å². The molecule has 0 aromatic heterocycles. The third kappa shape index (κ3) is 2.51. The van der Waals surface area contributed by atoms with Crippen LogP contribution in [0.5, 0.6) is 0 Å². The lowest BCUT2D eigenvalue weighted by atomic mass is 9.91. The van der Waals surface area contributed by atoms with Crippen molar-refractivity contribution in [3.05, 3.63) is 0 Å². The number of sulfonamides is 1. The summed E-state index contributed by atoms with van der Waals surface area (Å²) in [4.78, 5) is 0. The molecular formula is C12H23NO3S. The van der Waals surface area contributed by atoms with Crippen molar-refractivity contribution in [2.45, 2.75) is 69.3 Å². The maximum atomic E-state index is 12.6. The SMILES string of the molecule is CC1(C)CC(O)CCN1S(=O)(=O)C1CCCC1. The first-order valence-corrected chi connectivity index (χ1v) is 8.04. The topological polar surface area (TPSA) is 57.6 Å². The Morgan fingerprint density at radius 1 is 1.18 bits per heavy atom. The fourth-order valence-corrected chi connectivity index (χ4v) is 5.60. The molecule has 0 bridgehead atoms. The van der Waals surface area contributed by atoms with Gasteiger partial charge in [-0.1, -0.05) is 12.8 Å². The van der Waals surface area contributed by atoms with Crippen molar-refractivity contribution >= 4 is 10.0 Å². The van der Waals surface area contributed by atoms with Gasteiger partial charge in [0, 0.05) is 12.1 Å². The van der Waals surface area contributed by atoms with Crippen LogP contribution < -0.4 is 0 Å². The van der Waals surface area contributed by atoms with Gasteiger partial charge in [-0.15, -0.1) is 0 Å². The molecule has 2 rings (SSSR count). The van der Waals surface area contributed by atoms with E-state index in [4.69, 9.17) is 0 Å². The molecule has 1 aliphatic carbocycles. The molecule has 2 fully saturated rings. The Labute approximate surface area is 104 Å². The normalized spacial score (nSPS) is 31.8. The largest absolute Gasteiger partial charge is 0.393 e. The van der Waals surface area contributed by atoms with Gasteiger partial charge in [0.25, 0.3) is 0 Å². The minimum absolute atomic E-state index is 0.183. The first-order chi connectivity index (χ1) is 7.84. The summed E-state index contributed by atoms with van der Waals surface area (Å²) in [6, 6.07) is 0. The van der Waals surface area contributed by atoms with Gasteiger partial charge < -0.3 is 5.11 Å². The Hall–Kier alpha value is -0.130. The van der Waals surface area contributed by atoms with Crippen LogP contribution in [0.3, 0.4) is 0 Å². The second kappa shape index (κ2) is 4.52. The second-order valence-corrected chi connectivity index (χ2v) is 8.12. The van der Waals surface area contributed by atoms with Gasteiger partial charge in [-0.3, -0.25) is 0 Å². The van der Waals surface area contributed by atoms with Crippen LogP contribution in [0.15, 0.2) is 0 Å². The van der Waals surface area contributed by atoms with Crippen molar-refractivity contribution < 1.29 is 13.5 Å². The van der Waals surface area contributed by atoms with Crippen LogP contribution in [0, 0.1) is 0 Å². The van der Waals surface area contributed by atoms with Crippen LogP contribution in [-0.4, -0.2) is 41.3 Å². The van der Waals surface area contributed by atoms with E-state index in [-0.39, 0.29) is 11.4 Å². The molecule has 1 saturated carbocycles. The quantitative estimate of drug-likeness (QED) is 0.819. The van der Waals surface area contributed by atoms with Gasteiger partial charge in [0.1, 0.15) is 0 Å². The minimum atomic E-state index is -3.17. The number of hydrogen-bond donors (Lipinski definition) is 1. The van der Waals surface area contributed by atoms with Crippen LogP contribution in [-0.2, 0) is 10.0 Å².